The van der Waals surface area contributed by atoms with Gasteiger partial charge in [-0.05, 0) is 57.0 Å². The molecule has 33 heavy (non-hydrogen) atoms. The lowest BCUT2D eigenvalue weighted by molar-refractivity contribution is 0.164. The molecule has 1 aromatic carbocycles. The van der Waals surface area contributed by atoms with Crippen molar-refractivity contribution in [3.8, 4) is 5.75 Å². The number of methoxy groups -OCH3 is 1. The number of ether oxygens (including phenoxy) is 1. The second kappa shape index (κ2) is 14.4. The number of unbranched alkanes of at least 4 members (excludes halogenated alkanes) is 1. The fraction of sp³-hybridized carbons (Fsp3) is 0.625. The van der Waals surface area contributed by atoms with Gasteiger partial charge in [-0.1, -0.05) is 31.9 Å². The third-order valence-electron chi connectivity index (χ3n) is 6.18. The zero-order valence-corrected chi connectivity index (χ0v) is 22.8. The molecule has 9 heteroatoms. The Labute approximate surface area is 215 Å². The lowest BCUT2D eigenvalue weighted by Gasteiger charge is -2.35. The third-order valence-corrected chi connectivity index (χ3v) is 6.18. The van der Waals surface area contributed by atoms with Crippen LogP contribution in [-0.2, 0) is 13.6 Å². The van der Waals surface area contributed by atoms with E-state index in [4.69, 9.17) is 9.73 Å². The number of hydrogen-bond acceptors (Lipinski definition) is 5. The maximum absolute atomic E-state index is 5.36. The standard InChI is InChI=1S/C24H39N7O.HI/c1-5-6-14-25-24(27-18-23-29-28-19(2)30(23)3)26-17-22(31-15-8-7-9-16-31)20-10-12-21(32-4)13-11-20;/h10-13,22H,5-9,14-18H2,1-4H3,(H2,25,26,27);1H. The Kier molecular flexibility index (Phi) is 11.9. The fourth-order valence-electron chi connectivity index (χ4n) is 4.00. The van der Waals surface area contributed by atoms with Crippen LogP contribution < -0.4 is 15.4 Å². The monoisotopic (exact) mass is 569 g/mol. The van der Waals surface area contributed by atoms with Crippen LogP contribution in [0.4, 0.5) is 0 Å². The van der Waals surface area contributed by atoms with E-state index >= 15 is 0 Å². The normalized spacial score (nSPS) is 15.6. The number of piperidine rings is 1. The van der Waals surface area contributed by atoms with Crippen molar-refractivity contribution in [1.82, 2.24) is 30.3 Å². The molecule has 1 aromatic heterocycles. The van der Waals surface area contributed by atoms with Gasteiger partial charge in [0.15, 0.2) is 11.8 Å². The van der Waals surface area contributed by atoms with Crippen molar-refractivity contribution < 1.29 is 4.74 Å². The molecule has 8 nitrogen and oxygen atoms in total. The summed E-state index contributed by atoms with van der Waals surface area (Å²) in [5, 5.41) is 15.5. The van der Waals surface area contributed by atoms with E-state index < -0.39 is 0 Å². The Morgan fingerprint density at radius 2 is 1.85 bits per heavy atom. The number of aromatic nitrogens is 3. The predicted octanol–water partition coefficient (Wildman–Crippen LogP) is 3.81. The molecule has 2 N–H and O–H groups in total. The summed E-state index contributed by atoms with van der Waals surface area (Å²) < 4.78 is 7.35. The SMILES string of the molecule is CCCCNC(=NCc1nnc(C)n1C)NCC(c1ccc(OC)cc1)N1CCCCC1.I. The summed E-state index contributed by atoms with van der Waals surface area (Å²) in [7, 11) is 3.69. The van der Waals surface area contributed by atoms with Crippen LogP contribution in [0.15, 0.2) is 29.3 Å². The molecule has 0 saturated carbocycles. The smallest absolute Gasteiger partial charge is 0.191 e. The number of nitrogens with one attached hydrogen (secondary N) is 2. The number of rotatable bonds is 10. The van der Waals surface area contributed by atoms with Crippen LogP contribution in [0.2, 0.25) is 0 Å². The molecule has 184 valence electrons. The number of halogens is 1. The van der Waals surface area contributed by atoms with Crippen molar-refractivity contribution in [2.75, 3.05) is 33.3 Å². The van der Waals surface area contributed by atoms with Gasteiger partial charge in [-0.3, -0.25) is 4.90 Å². The first-order valence-corrected chi connectivity index (χ1v) is 11.9. The average molecular weight is 570 g/mol. The van der Waals surface area contributed by atoms with Crippen molar-refractivity contribution in [2.24, 2.45) is 12.0 Å². The first-order valence-electron chi connectivity index (χ1n) is 11.9. The van der Waals surface area contributed by atoms with Gasteiger partial charge in [-0.15, -0.1) is 34.2 Å². The molecule has 3 rings (SSSR count). The zero-order valence-electron chi connectivity index (χ0n) is 20.5. The number of benzene rings is 1. The maximum atomic E-state index is 5.36. The number of hydrogen-bond donors (Lipinski definition) is 2. The lowest BCUT2D eigenvalue weighted by Crippen LogP contribution is -2.44. The highest BCUT2D eigenvalue weighted by atomic mass is 127. The Morgan fingerprint density at radius 1 is 1.12 bits per heavy atom. The molecule has 1 aliphatic rings. The fourth-order valence-corrected chi connectivity index (χ4v) is 4.00. The summed E-state index contributed by atoms with van der Waals surface area (Å²) in [6.45, 7) is 8.61. The van der Waals surface area contributed by atoms with Gasteiger partial charge < -0.3 is 19.9 Å². The summed E-state index contributed by atoms with van der Waals surface area (Å²) >= 11 is 0. The molecule has 0 aliphatic carbocycles. The van der Waals surface area contributed by atoms with Crippen LogP contribution in [0.25, 0.3) is 0 Å². The molecule has 0 spiro atoms. The Morgan fingerprint density at radius 3 is 2.45 bits per heavy atom. The van der Waals surface area contributed by atoms with Crippen molar-refractivity contribution in [2.45, 2.75) is 58.5 Å². The van der Waals surface area contributed by atoms with Crippen LogP contribution in [-0.4, -0.2) is 58.9 Å². The third kappa shape index (κ3) is 8.13. The topological polar surface area (TPSA) is 79.6 Å². The summed E-state index contributed by atoms with van der Waals surface area (Å²) in [6, 6.07) is 8.76. The quantitative estimate of drug-likeness (QED) is 0.196. The Bertz CT molecular complexity index is 847. The number of aryl methyl sites for hydroxylation is 1. The number of nitrogens with zero attached hydrogens (tertiary/aromatic N) is 5. The van der Waals surface area contributed by atoms with Gasteiger partial charge >= 0.3 is 0 Å². The van der Waals surface area contributed by atoms with E-state index in [0.717, 1.165) is 62.4 Å². The predicted molar refractivity (Wildman–Crippen MR) is 144 cm³/mol. The highest BCUT2D eigenvalue weighted by Gasteiger charge is 2.22. The van der Waals surface area contributed by atoms with E-state index in [1.807, 2.05) is 18.5 Å². The molecule has 1 atom stereocenters. The Hall–Kier alpha value is -1.88. The van der Waals surface area contributed by atoms with Crippen LogP contribution >= 0.6 is 24.0 Å². The Balaban J connectivity index is 0.00000385. The van der Waals surface area contributed by atoms with Gasteiger partial charge in [0.1, 0.15) is 18.1 Å². The highest BCUT2D eigenvalue weighted by molar-refractivity contribution is 14.0. The molecule has 1 fully saturated rings. The lowest BCUT2D eigenvalue weighted by atomic mass is 10.0. The summed E-state index contributed by atoms with van der Waals surface area (Å²) in [5.41, 5.74) is 1.30. The summed E-state index contributed by atoms with van der Waals surface area (Å²) in [5.74, 6) is 3.48. The molecule has 2 aromatic rings. The molecule has 1 unspecified atom stereocenters. The van der Waals surface area contributed by atoms with Gasteiger partial charge in [0.2, 0.25) is 0 Å². The summed E-state index contributed by atoms with van der Waals surface area (Å²) in [4.78, 5) is 7.40. The molecule has 1 saturated heterocycles. The van der Waals surface area contributed by atoms with Crippen LogP contribution in [0.5, 0.6) is 5.75 Å². The van der Waals surface area contributed by atoms with Gasteiger partial charge in [0.25, 0.3) is 0 Å². The van der Waals surface area contributed by atoms with Crippen LogP contribution in [0, 0.1) is 6.92 Å². The zero-order chi connectivity index (χ0) is 22.8. The molecule has 2 heterocycles. The number of likely N-dealkylation sites (tertiary alicyclic amines) is 1. The number of aliphatic imine (C=N–C) groups is 1. The van der Waals surface area contributed by atoms with Crippen molar-refractivity contribution in [1.29, 1.82) is 0 Å². The highest BCUT2D eigenvalue weighted by Crippen LogP contribution is 2.25. The van der Waals surface area contributed by atoms with Crippen molar-refractivity contribution in [3.63, 3.8) is 0 Å². The first-order chi connectivity index (χ1) is 15.6. The van der Waals surface area contributed by atoms with E-state index in [1.54, 1.807) is 7.11 Å². The minimum atomic E-state index is 0. The van der Waals surface area contributed by atoms with Gasteiger partial charge in [-0.2, -0.15) is 0 Å². The average Bonchev–Trinajstić information content (AvgIpc) is 3.15. The van der Waals surface area contributed by atoms with Crippen LogP contribution in [0.1, 0.15) is 62.3 Å². The molecule has 0 bridgehead atoms. The minimum Gasteiger partial charge on any atom is -0.497 e. The van der Waals surface area contributed by atoms with Gasteiger partial charge in [-0.25, -0.2) is 4.99 Å². The minimum absolute atomic E-state index is 0. The van der Waals surface area contributed by atoms with Crippen LogP contribution in [0.3, 0.4) is 0 Å². The van der Waals surface area contributed by atoms with Gasteiger partial charge in [0, 0.05) is 20.1 Å². The van der Waals surface area contributed by atoms with E-state index in [9.17, 15) is 0 Å². The van der Waals surface area contributed by atoms with E-state index in [2.05, 4.69) is 56.9 Å². The van der Waals surface area contributed by atoms with E-state index in [1.165, 1.54) is 24.8 Å². The molecule has 1 aliphatic heterocycles. The molecular weight excluding hydrogens is 529 g/mol. The first kappa shape index (κ1) is 27.4. The molecular formula is C24H40IN7O. The van der Waals surface area contributed by atoms with Crippen molar-refractivity contribution >= 4 is 29.9 Å². The number of guanidine groups is 1. The molecule has 0 radical (unpaired) electrons. The second-order valence-electron chi connectivity index (χ2n) is 8.43. The maximum Gasteiger partial charge on any atom is 0.191 e. The van der Waals surface area contributed by atoms with E-state index in [-0.39, 0.29) is 30.0 Å². The largest absolute Gasteiger partial charge is 0.497 e. The molecule has 0 amide bonds. The second-order valence-corrected chi connectivity index (χ2v) is 8.43. The summed E-state index contributed by atoms with van der Waals surface area (Å²) in [6.07, 6.45) is 6.09. The van der Waals surface area contributed by atoms with E-state index in [0.29, 0.717) is 6.54 Å². The van der Waals surface area contributed by atoms with Gasteiger partial charge in [0.05, 0.1) is 13.2 Å². The van der Waals surface area contributed by atoms with Crippen molar-refractivity contribution in [3.05, 3.63) is 41.5 Å².